The molecule has 6 heteroatoms. The molecule has 3 aromatic rings. The molecular weight excluding hydrogens is 325 g/mol. The zero-order chi connectivity index (χ0) is 14.8. The van der Waals surface area contributed by atoms with Crippen molar-refractivity contribution in [1.82, 2.24) is 9.97 Å². The molecule has 0 atom stereocenters. The Morgan fingerprint density at radius 2 is 2.05 bits per heavy atom. The SMILES string of the molecule is N#Cc1cccc(-c2csc(-c3ncc(Cl)cc3Cl)n2)c1. The van der Waals surface area contributed by atoms with Crippen LogP contribution < -0.4 is 0 Å². The summed E-state index contributed by atoms with van der Waals surface area (Å²) in [6, 6.07) is 11.1. The summed E-state index contributed by atoms with van der Waals surface area (Å²) in [4.78, 5) is 8.76. The van der Waals surface area contributed by atoms with Crippen LogP contribution in [0.3, 0.4) is 0 Å². The second kappa shape index (κ2) is 5.82. The van der Waals surface area contributed by atoms with Crippen LogP contribution >= 0.6 is 34.5 Å². The fourth-order valence-electron chi connectivity index (χ4n) is 1.84. The van der Waals surface area contributed by atoms with Gasteiger partial charge < -0.3 is 0 Å². The van der Waals surface area contributed by atoms with Gasteiger partial charge in [-0.3, -0.25) is 4.98 Å². The first-order valence-corrected chi connectivity index (χ1v) is 7.58. The third-order valence-corrected chi connectivity index (χ3v) is 4.15. The van der Waals surface area contributed by atoms with Crippen molar-refractivity contribution in [1.29, 1.82) is 5.26 Å². The first-order chi connectivity index (χ1) is 10.2. The molecule has 1 aromatic carbocycles. The smallest absolute Gasteiger partial charge is 0.144 e. The summed E-state index contributed by atoms with van der Waals surface area (Å²) in [6.45, 7) is 0. The van der Waals surface area contributed by atoms with Gasteiger partial charge in [-0.1, -0.05) is 35.3 Å². The highest BCUT2D eigenvalue weighted by molar-refractivity contribution is 7.13. The lowest BCUT2D eigenvalue weighted by atomic mass is 10.1. The van der Waals surface area contributed by atoms with Crippen molar-refractivity contribution in [2.45, 2.75) is 0 Å². The zero-order valence-electron chi connectivity index (χ0n) is 10.5. The second-order valence-electron chi connectivity index (χ2n) is 4.21. The fourth-order valence-corrected chi connectivity index (χ4v) is 3.20. The van der Waals surface area contributed by atoms with E-state index in [1.54, 1.807) is 24.4 Å². The molecule has 21 heavy (non-hydrogen) atoms. The Hall–Kier alpha value is -1.93. The maximum absolute atomic E-state index is 8.95. The number of benzene rings is 1. The van der Waals surface area contributed by atoms with Gasteiger partial charge in [0.25, 0.3) is 0 Å². The van der Waals surface area contributed by atoms with Crippen molar-refractivity contribution in [3.05, 3.63) is 57.5 Å². The molecule has 3 rings (SSSR count). The molecule has 0 saturated carbocycles. The Labute approximate surface area is 135 Å². The molecule has 0 aliphatic rings. The van der Waals surface area contributed by atoms with Gasteiger partial charge in [0.1, 0.15) is 10.7 Å². The number of pyridine rings is 1. The Kier molecular flexibility index (Phi) is 3.89. The second-order valence-corrected chi connectivity index (χ2v) is 5.92. The van der Waals surface area contributed by atoms with Crippen LogP contribution in [0.4, 0.5) is 0 Å². The monoisotopic (exact) mass is 331 g/mol. The molecule has 2 aromatic heterocycles. The summed E-state index contributed by atoms with van der Waals surface area (Å²) >= 11 is 13.4. The average Bonchev–Trinajstić information content (AvgIpc) is 2.97. The first-order valence-electron chi connectivity index (χ1n) is 5.95. The predicted octanol–water partition coefficient (Wildman–Crippen LogP) is 5.05. The predicted molar refractivity (Wildman–Crippen MR) is 85.5 cm³/mol. The summed E-state index contributed by atoms with van der Waals surface area (Å²) in [5, 5.41) is 12.5. The molecule has 0 N–H and O–H groups in total. The van der Waals surface area contributed by atoms with Crippen molar-refractivity contribution in [2.75, 3.05) is 0 Å². The van der Waals surface area contributed by atoms with Crippen molar-refractivity contribution < 1.29 is 0 Å². The van der Waals surface area contributed by atoms with E-state index >= 15 is 0 Å². The molecule has 0 bridgehead atoms. The van der Waals surface area contributed by atoms with Gasteiger partial charge in [0, 0.05) is 17.1 Å². The van der Waals surface area contributed by atoms with Gasteiger partial charge in [-0.25, -0.2) is 4.98 Å². The Morgan fingerprint density at radius 1 is 1.19 bits per heavy atom. The molecule has 0 radical (unpaired) electrons. The summed E-state index contributed by atoms with van der Waals surface area (Å²) in [5.74, 6) is 0. The van der Waals surface area contributed by atoms with E-state index in [9.17, 15) is 0 Å². The van der Waals surface area contributed by atoms with Gasteiger partial charge in [-0.05, 0) is 18.2 Å². The topological polar surface area (TPSA) is 49.6 Å². The van der Waals surface area contributed by atoms with Gasteiger partial charge in [-0.2, -0.15) is 5.26 Å². The molecule has 0 spiro atoms. The lowest BCUT2D eigenvalue weighted by Gasteiger charge is -2.00. The normalized spacial score (nSPS) is 10.3. The summed E-state index contributed by atoms with van der Waals surface area (Å²) in [7, 11) is 0. The average molecular weight is 332 g/mol. The Balaban J connectivity index is 2.02. The molecule has 0 aliphatic heterocycles. The number of nitrogens with zero attached hydrogens (tertiary/aromatic N) is 3. The number of rotatable bonds is 2. The van der Waals surface area contributed by atoms with Crippen LogP contribution in [0.25, 0.3) is 22.0 Å². The van der Waals surface area contributed by atoms with Crippen LogP contribution in [-0.4, -0.2) is 9.97 Å². The Bertz CT molecular complexity index is 852. The third kappa shape index (κ3) is 2.91. The first kappa shape index (κ1) is 14.0. The van der Waals surface area contributed by atoms with Crippen LogP contribution in [0.2, 0.25) is 10.0 Å². The molecule has 0 fully saturated rings. The number of hydrogen-bond acceptors (Lipinski definition) is 4. The number of hydrogen-bond donors (Lipinski definition) is 0. The molecule has 2 heterocycles. The molecule has 3 nitrogen and oxygen atoms in total. The lowest BCUT2D eigenvalue weighted by molar-refractivity contribution is 1.29. The quantitative estimate of drug-likeness (QED) is 0.660. The standard InChI is InChI=1S/C15H7Cl2N3S/c16-11-5-12(17)14(19-7-11)15-20-13(8-21-15)10-3-1-2-9(4-10)6-18/h1-5,7-8H. The number of nitriles is 1. The minimum absolute atomic E-state index is 0.467. The van der Waals surface area contributed by atoms with E-state index in [4.69, 9.17) is 28.5 Å². The highest BCUT2D eigenvalue weighted by Crippen LogP contribution is 2.32. The minimum atomic E-state index is 0.467. The number of aromatic nitrogens is 2. The van der Waals surface area contributed by atoms with E-state index in [1.807, 2.05) is 17.5 Å². The highest BCUT2D eigenvalue weighted by Gasteiger charge is 2.12. The van der Waals surface area contributed by atoms with Crippen LogP contribution in [0.15, 0.2) is 41.9 Å². The van der Waals surface area contributed by atoms with Crippen molar-refractivity contribution >= 4 is 34.5 Å². The van der Waals surface area contributed by atoms with E-state index in [-0.39, 0.29) is 0 Å². The maximum atomic E-state index is 8.95. The molecule has 0 aliphatic carbocycles. The molecule has 0 amide bonds. The van der Waals surface area contributed by atoms with Crippen LogP contribution in [0.5, 0.6) is 0 Å². The van der Waals surface area contributed by atoms with Crippen LogP contribution in [0.1, 0.15) is 5.56 Å². The van der Waals surface area contributed by atoms with Gasteiger partial charge in [0.05, 0.1) is 27.4 Å². The summed E-state index contributed by atoms with van der Waals surface area (Å²) in [6.07, 6.45) is 1.54. The van der Waals surface area contributed by atoms with Gasteiger partial charge >= 0.3 is 0 Å². The third-order valence-electron chi connectivity index (χ3n) is 2.80. The zero-order valence-corrected chi connectivity index (χ0v) is 12.9. The molecule has 0 saturated heterocycles. The van der Waals surface area contributed by atoms with E-state index in [0.717, 1.165) is 11.3 Å². The van der Waals surface area contributed by atoms with Crippen LogP contribution in [0, 0.1) is 11.3 Å². The van der Waals surface area contributed by atoms with E-state index in [1.165, 1.54) is 11.3 Å². The fraction of sp³-hybridized carbons (Fsp3) is 0. The molecule has 0 unspecified atom stereocenters. The summed E-state index contributed by atoms with van der Waals surface area (Å²) in [5.41, 5.74) is 2.89. The number of thiazole rings is 1. The largest absolute Gasteiger partial charge is 0.251 e. The van der Waals surface area contributed by atoms with E-state index in [2.05, 4.69) is 16.0 Å². The maximum Gasteiger partial charge on any atom is 0.144 e. The molecular formula is C15H7Cl2N3S. The number of halogens is 2. The van der Waals surface area contributed by atoms with Gasteiger partial charge in [0.15, 0.2) is 0 Å². The van der Waals surface area contributed by atoms with E-state index < -0.39 is 0 Å². The summed E-state index contributed by atoms with van der Waals surface area (Å²) < 4.78 is 0. The van der Waals surface area contributed by atoms with Crippen molar-refractivity contribution in [3.8, 4) is 28.0 Å². The van der Waals surface area contributed by atoms with Crippen molar-refractivity contribution in [2.24, 2.45) is 0 Å². The van der Waals surface area contributed by atoms with Gasteiger partial charge in [0.2, 0.25) is 0 Å². The lowest BCUT2D eigenvalue weighted by Crippen LogP contribution is -1.85. The minimum Gasteiger partial charge on any atom is -0.251 e. The highest BCUT2D eigenvalue weighted by atomic mass is 35.5. The molecule has 102 valence electrons. The van der Waals surface area contributed by atoms with Crippen LogP contribution in [-0.2, 0) is 0 Å². The van der Waals surface area contributed by atoms with E-state index in [0.29, 0.717) is 26.3 Å². The Morgan fingerprint density at radius 3 is 2.81 bits per heavy atom. The van der Waals surface area contributed by atoms with Crippen molar-refractivity contribution in [3.63, 3.8) is 0 Å². The van der Waals surface area contributed by atoms with Gasteiger partial charge in [-0.15, -0.1) is 11.3 Å².